The van der Waals surface area contributed by atoms with Crippen LogP contribution >= 0.6 is 0 Å². The van der Waals surface area contributed by atoms with Gasteiger partial charge in [0.2, 0.25) is 0 Å². The topological polar surface area (TPSA) is 70.7 Å². The third-order valence-electron chi connectivity index (χ3n) is 3.11. The van der Waals surface area contributed by atoms with Crippen LogP contribution in [0.4, 0.5) is 5.82 Å². The molecule has 0 aliphatic heterocycles. The van der Waals surface area contributed by atoms with Crippen LogP contribution in [0.5, 0.6) is 0 Å². The fourth-order valence-corrected chi connectivity index (χ4v) is 2.02. The molecular weight excluding hydrogens is 264 g/mol. The molecule has 0 saturated heterocycles. The average molecular weight is 278 g/mol. The number of aromatic amines is 1. The number of nitrogens with one attached hydrogen (secondary N) is 2. The highest BCUT2D eigenvalue weighted by Crippen LogP contribution is 2.18. The number of aromatic nitrogens is 3. The summed E-state index contributed by atoms with van der Waals surface area (Å²) in [4.78, 5) is 16.4. The number of hydrogen-bond acceptors (Lipinski definition) is 3. The highest BCUT2D eigenvalue weighted by atomic mass is 16.1. The zero-order valence-corrected chi connectivity index (χ0v) is 11.5. The molecule has 0 aliphatic carbocycles. The minimum absolute atomic E-state index is 0.174. The SMILES string of the molecule is Cc1cccc(NC(=O)c2ccc(-c3cn[nH]c3)cc2)n1. The lowest BCUT2D eigenvalue weighted by atomic mass is 10.1. The zero-order chi connectivity index (χ0) is 14.7. The maximum atomic E-state index is 12.2. The first-order chi connectivity index (χ1) is 10.2. The van der Waals surface area contributed by atoms with E-state index in [0.717, 1.165) is 16.8 Å². The molecule has 2 N–H and O–H groups in total. The Morgan fingerprint density at radius 3 is 2.57 bits per heavy atom. The summed E-state index contributed by atoms with van der Waals surface area (Å²) in [5.74, 6) is 0.380. The van der Waals surface area contributed by atoms with Crippen LogP contribution in [0.25, 0.3) is 11.1 Å². The average Bonchev–Trinajstić information content (AvgIpc) is 3.01. The molecule has 2 aromatic heterocycles. The van der Waals surface area contributed by atoms with Crippen molar-refractivity contribution >= 4 is 11.7 Å². The van der Waals surface area contributed by atoms with Crippen molar-refractivity contribution < 1.29 is 4.79 Å². The molecule has 0 unspecified atom stereocenters. The summed E-state index contributed by atoms with van der Waals surface area (Å²) in [6, 6.07) is 12.9. The van der Waals surface area contributed by atoms with Gasteiger partial charge < -0.3 is 5.32 Å². The molecule has 0 radical (unpaired) electrons. The van der Waals surface area contributed by atoms with Crippen LogP contribution in [0.2, 0.25) is 0 Å². The van der Waals surface area contributed by atoms with Crippen molar-refractivity contribution in [3.05, 3.63) is 66.1 Å². The van der Waals surface area contributed by atoms with E-state index < -0.39 is 0 Å². The Hall–Kier alpha value is -2.95. The molecule has 21 heavy (non-hydrogen) atoms. The smallest absolute Gasteiger partial charge is 0.256 e. The van der Waals surface area contributed by atoms with E-state index >= 15 is 0 Å². The summed E-state index contributed by atoms with van der Waals surface area (Å²) in [6.45, 7) is 1.88. The Morgan fingerprint density at radius 1 is 1.10 bits per heavy atom. The Kier molecular flexibility index (Phi) is 3.47. The number of amides is 1. The van der Waals surface area contributed by atoms with E-state index in [2.05, 4.69) is 20.5 Å². The highest BCUT2D eigenvalue weighted by molar-refractivity contribution is 6.04. The standard InChI is InChI=1S/C16H14N4O/c1-11-3-2-4-15(19-11)20-16(21)13-7-5-12(6-8-13)14-9-17-18-10-14/h2-10H,1H3,(H,17,18)(H,19,20,21). The van der Waals surface area contributed by atoms with Gasteiger partial charge in [0, 0.05) is 23.0 Å². The number of rotatable bonds is 3. The van der Waals surface area contributed by atoms with Gasteiger partial charge in [-0.25, -0.2) is 4.98 Å². The van der Waals surface area contributed by atoms with Gasteiger partial charge in [-0.15, -0.1) is 0 Å². The van der Waals surface area contributed by atoms with Crippen LogP contribution in [0, 0.1) is 6.92 Å². The highest BCUT2D eigenvalue weighted by Gasteiger charge is 2.07. The normalized spacial score (nSPS) is 10.3. The number of pyridine rings is 1. The second-order valence-corrected chi connectivity index (χ2v) is 4.68. The third-order valence-corrected chi connectivity index (χ3v) is 3.11. The van der Waals surface area contributed by atoms with Crippen LogP contribution in [0.3, 0.4) is 0 Å². The van der Waals surface area contributed by atoms with E-state index in [9.17, 15) is 4.79 Å². The number of anilines is 1. The summed E-state index contributed by atoms with van der Waals surface area (Å²) in [6.07, 6.45) is 3.55. The lowest BCUT2D eigenvalue weighted by Gasteiger charge is -2.05. The predicted octanol–water partition coefficient (Wildman–Crippen LogP) is 3.03. The van der Waals surface area contributed by atoms with Gasteiger partial charge in [-0.05, 0) is 36.8 Å². The molecule has 1 aromatic carbocycles. The van der Waals surface area contributed by atoms with Crippen molar-refractivity contribution in [2.75, 3.05) is 5.32 Å². The molecule has 3 aromatic rings. The van der Waals surface area contributed by atoms with E-state index in [1.807, 2.05) is 37.4 Å². The van der Waals surface area contributed by atoms with E-state index in [0.29, 0.717) is 11.4 Å². The van der Waals surface area contributed by atoms with Gasteiger partial charge in [0.15, 0.2) is 0 Å². The number of carbonyl (C=O) groups is 1. The van der Waals surface area contributed by atoms with Crippen LogP contribution in [-0.2, 0) is 0 Å². The molecule has 5 heteroatoms. The second kappa shape index (κ2) is 5.58. The predicted molar refractivity (Wildman–Crippen MR) is 81.0 cm³/mol. The summed E-state index contributed by atoms with van der Waals surface area (Å²) >= 11 is 0. The molecular formula is C16H14N4O. The van der Waals surface area contributed by atoms with Crippen LogP contribution in [-0.4, -0.2) is 21.1 Å². The Bertz CT molecular complexity index is 748. The van der Waals surface area contributed by atoms with Gasteiger partial charge in [0.25, 0.3) is 5.91 Å². The summed E-state index contributed by atoms with van der Waals surface area (Å²) in [5.41, 5.74) is 3.45. The molecule has 0 fully saturated rings. The van der Waals surface area contributed by atoms with E-state index in [1.165, 1.54) is 0 Å². The van der Waals surface area contributed by atoms with Crippen molar-refractivity contribution in [1.82, 2.24) is 15.2 Å². The van der Waals surface area contributed by atoms with Crippen LogP contribution in [0.1, 0.15) is 16.1 Å². The quantitative estimate of drug-likeness (QED) is 0.773. The molecule has 3 rings (SSSR count). The van der Waals surface area contributed by atoms with Gasteiger partial charge in [-0.3, -0.25) is 9.89 Å². The molecule has 2 heterocycles. The lowest BCUT2D eigenvalue weighted by molar-refractivity contribution is 0.102. The Morgan fingerprint density at radius 2 is 1.90 bits per heavy atom. The summed E-state index contributed by atoms with van der Waals surface area (Å²) < 4.78 is 0. The zero-order valence-electron chi connectivity index (χ0n) is 11.5. The van der Waals surface area contributed by atoms with Crippen molar-refractivity contribution in [2.45, 2.75) is 6.92 Å². The minimum atomic E-state index is -0.174. The number of H-pyrrole nitrogens is 1. The minimum Gasteiger partial charge on any atom is -0.307 e. The van der Waals surface area contributed by atoms with E-state index in [4.69, 9.17) is 0 Å². The molecule has 1 amide bonds. The van der Waals surface area contributed by atoms with Crippen LogP contribution in [0.15, 0.2) is 54.9 Å². The number of aryl methyl sites for hydroxylation is 1. The largest absolute Gasteiger partial charge is 0.307 e. The van der Waals surface area contributed by atoms with E-state index in [1.54, 1.807) is 24.4 Å². The summed E-state index contributed by atoms with van der Waals surface area (Å²) in [7, 11) is 0. The first-order valence-electron chi connectivity index (χ1n) is 6.56. The van der Waals surface area contributed by atoms with Crippen molar-refractivity contribution in [2.24, 2.45) is 0 Å². The third kappa shape index (κ3) is 2.97. The van der Waals surface area contributed by atoms with Gasteiger partial charge in [-0.2, -0.15) is 5.10 Å². The van der Waals surface area contributed by atoms with Gasteiger partial charge in [0.1, 0.15) is 5.82 Å². The van der Waals surface area contributed by atoms with Crippen molar-refractivity contribution in [3.63, 3.8) is 0 Å². The number of benzene rings is 1. The first kappa shape index (κ1) is 13.1. The fourth-order valence-electron chi connectivity index (χ4n) is 2.02. The molecule has 5 nitrogen and oxygen atoms in total. The lowest BCUT2D eigenvalue weighted by Crippen LogP contribution is -2.12. The maximum Gasteiger partial charge on any atom is 0.256 e. The number of carbonyl (C=O) groups excluding carboxylic acids is 1. The monoisotopic (exact) mass is 278 g/mol. The molecule has 0 saturated carbocycles. The Balaban J connectivity index is 1.76. The Labute approximate surface area is 122 Å². The van der Waals surface area contributed by atoms with E-state index in [-0.39, 0.29) is 5.91 Å². The molecule has 0 aliphatic rings. The summed E-state index contributed by atoms with van der Waals surface area (Å²) in [5, 5.41) is 9.46. The van der Waals surface area contributed by atoms with Crippen molar-refractivity contribution in [3.8, 4) is 11.1 Å². The molecule has 0 bridgehead atoms. The molecule has 104 valence electrons. The molecule has 0 spiro atoms. The first-order valence-corrected chi connectivity index (χ1v) is 6.56. The second-order valence-electron chi connectivity index (χ2n) is 4.68. The van der Waals surface area contributed by atoms with Crippen molar-refractivity contribution in [1.29, 1.82) is 0 Å². The van der Waals surface area contributed by atoms with Gasteiger partial charge in [0.05, 0.1) is 6.20 Å². The molecule has 0 atom stereocenters. The van der Waals surface area contributed by atoms with Gasteiger partial charge >= 0.3 is 0 Å². The fraction of sp³-hybridized carbons (Fsp3) is 0.0625. The van der Waals surface area contributed by atoms with Crippen LogP contribution < -0.4 is 5.32 Å². The number of nitrogens with zero attached hydrogens (tertiary/aromatic N) is 2. The van der Waals surface area contributed by atoms with Gasteiger partial charge in [-0.1, -0.05) is 18.2 Å². The maximum absolute atomic E-state index is 12.2. The number of hydrogen-bond donors (Lipinski definition) is 2.